The maximum atomic E-state index is 13.0. The minimum Gasteiger partial charge on any atom is -0.424 e. The number of carbonyl (C=O) groups excluding carboxylic acids is 1. The number of alkyl halides is 3. The highest BCUT2D eigenvalue weighted by atomic mass is 19.4. The van der Waals surface area contributed by atoms with Gasteiger partial charge in [0.25, 0.3) is 0 Å². The zero-order chi connectivity index (χ0) is 19.5. The van der Waals surface area contributed by atoms with Crippen LogP contribution in [0.15, 0.2) is 30.3 Å². The summed E-state index contributed by atoms with van der Waals surface area (Å²) in [5.74, 6) is 0.00381. The Morgan fingerprint density at radius 1 is 1.15 bits per heavy atom. The van der Waals surface area contributed by atoms with Gasteiger partial charge in [0.05, 0.1) is 0 Å². The van der Waals surface area contributed by atoms with Crippen molar-refractivity contribution in [3.05, 3.63) is 36.0 Å². The van der Waals surface area contributed by atoms with Gasteiger partial charge in [-0.3, -0.25) is 4.79 Å². The molecule has 0 bridgehead atoms. The van der Waals surface area contributed by atoms with Crippen LogP contribution in [0.25, 0.3) is 0 Å². The molecule has 0 atom stereocenters. The van der Waals surface area contributed by atoms with Gasteiger partial charge in [-0.15, -0.1) is 0 Å². The van der Waals surface area contributed by atoms with Crippen LogP contribution >= 0.6 is 0 Å². The highest BCUT2D eigenvalue weighted by Crippen LogP contribution is 2.31. The number of carbonyl (C=O) groups is 1. The van der Waals surface area contributed by atoms with Crippen LogP contribution in [-0.2, 0) is 11.0 Å². The Kier molecular flexibility index (Phi) is 5.69. The third-order valence-corrected chi connectivity index (χ3v) is 3.30. The zero-order valence-corrected chi connectivity index (χ0v) is 14.8. The summed E-state index contributed by atoms with van der Waals surface area (Å²) in [5.41, 5.74) is -0.540. The molecule has 9 heteroatoms. The van der Waals surface area contributed by atoms with Crippen molar-refractivity contribution in [2.45, 2.75) is 20.0 Å². The maximum Gasteiger partial charge on any atom is 0.433 e. The lowest BCUT2D eigenvalue weighted by Crippen LogP contribution is -2.17. The fraction of sp³-hybridized carbons (Fsp3) is 0.353. The van der Waals surface area contributed by atoms with E-state index in [9.17, 15) is 18.0 Å². The van der Waals surface area contributed by atoms with E-state index in [-0.39, 0.29) is 23.4 Å². The fourth-order valence-corrected chi connectivity index (χ4v) is 1.83. The van der Waals surface area contributed by atoms with Crippen LogP contribution in [0, 0.1) is 5.92 Å². The molecule has 0 aliphatic heterocycles. The lowest BCUT2D eigenvalue weighted by Gasteiger charge is -2.15. The van der Waals surface area contributed by atoms with Crippen LogP contribution < -0.4 is 15.0 Å². The summed E-state index contributed by atoms with van der Waals surface area (Å²) in [6.45, 7) is 3.53. The number of hydrogen-bond donors (Lipinski definition) is 1. The predicted molar refractivity (Wildman–Crippen MR) is 91.3 cm³/mol. The first-order valence-corrected chi connectivity index (χ1v) is 7.78. The van der Waals surface area contributed by atoms with Crippen LogP contribution in [0.2, 0.25) is 0 Å². The SMILES string of the molecule is CC(C)C(=O)Nc1ccc(Oc2nc(N(C)C)cc(C(F)(F)F)n2)cc1. The van der Waals surface area contributed by atoms with E-state index in [4.69, 9.17) is 4.74 Å². The molecule has 2 aromatic rings. The minimum atomic E-state index is -4.61. The molecule has 0 spiro atoms. The van der Waals surface area contributed by atoms with Crippen LogP contribution in [0.4, 0.5) is 24.7 Å². The van der Waals surface area contributed by atoms with Crippen LogP contribution in [0.5, 0.6) is 11.8 Å². The molecule has 0 fully saturated rings. The molecule has 26 heavy (non-hydrogen) atoms. The summed E-state index contributed by atoms with van der Waals surface area (Å²) in [6.07, 6.45) is -4.61. The first-order valence-electron chi connectivity index (χ1n) is 7.78. The highest BCUT2D eigenvalue weighted by molar-refractivity contribution is 5.92. The fourth-order valence-electron chi connectivity index (χ4n) is 1.83. The van der Waals surface area contributed by atoms with E-state index in [1.807, 2.05) is 0 Å². The van der Waals surface area contributed by atoms with Crippen molar-refractivity contribution in [2.24, 2.45) is 5.92 Å². The lowest BCUT2D eigenvalue weighted by atomic mass is 10.2. The number of halogens is 3. The molecule has 0 aliphatic carbocycles. The van der Waals surface area contributed by atoms with Crippen LogP contribution in [0.3, 0.4) is 0 Å². The highest BCUT2D eigenvalue weighted by Gasteiger charge is 2.34. The Balaban J connectivity index is 2.22. The van der Waals surface area contributed by atoms with Gasteiger partial charge in [-0.2, -0.15) is 23.1 Å². The number of nitrogens with zero attached hydrogens (tertiary/aromatic N) is 3. The van der Waals surface area contributed by atoms with E-state index in [0.29, 0.717) is 5.69 Å². The van der Waals surface area contributed by atoms with Crippen LogP contribution in [0.1, 0.15) is 19.5 Å². The summed E-state index contributed by atoms with van der Waals surface area (Å²) in [6, 6.07) is 6.61. The average molecular weight is 368 g/mol. The maximum absolute atomic E-state index is 13.0. The van der Waals surface area contributed by atoms with E-state index in [2.05, 4.69) is 15.3 Å². The van der Waals surface area contributed by atoms with Gasteiger partial charge >= 0.3 is 12.2 Å². The van der Waals surface area contributed by atoms with Crippen molar-refractivity contribution in [2.75, 3.05) is 24.3 Å². The second kappa shape index (κ2) is 7.59. The molecule has 0 unspecified atom stereocenters. The monoisotopic (exact) mass is 368 g/mol. The van der Waals surface area contributed by atoms with Crippen molar-refractivity contribution in [1.82, 2.24) is 9.97 Å². The van der Waals surface area contributed by atoms with Gasteiger partial charge in [-0.1, -0.05) is 13.8 Å². The van der Waals surface area contributed by atoms with Crippen molar-refractivity contribution >= 4 is 17.4 Å². The molecule has 0 radical (unpaired) electrons. The third-order valence-electron chi connectivity index (χ3n) is 3.30. The topological polar surface area (TPSA) is 67.3 Å². The lowest BCUT2D eigenvalue weighted by molar-refractivity contribution is -0.141. The zero-order valence-electron chi connectivity index (χ0n) is 14.8. The van der Waals surface area contributed by atoms with E-state index in [0.717, 1.165) is 6.07 Å². The Morgan fingerprint density at radius 3 is 2.27 bits per heavy atom. The molecule has 6 nitrogen and oxygen atoms in total. The number of benzene rings is 1. The van der Waals surface area contributed by atoms with Gasteiger partial charge in [0, 0.05) is 31.8 Å². The minimum absolute atomic E-state index is 0.0724. The number of rotatable bonds is 5. The Bertz CT molecular complexity index is 775. The van der Waals surface area contributed by atoms with Crippen LogP contribution in [-0.4, -0.2) is 30.0 Å². The van der Waals surface area contributed by atoms with Crippen molar-refractivity contribution in [3.8, 4) is 11.8 Å². The first kappa shape index (κ1) is 19.5. The van der Waals surface area contributed by atoms with Gasteiger partial charge in [0.2, 0.25) is 5.91 Å². The Hall–Kier alpha value is -2.84. The number of amides is 1. The first-order chi connectivity index (χ1) is 12.1. The molecule has 1 N–H and O–H groups in total. The molecular formula is C17H19F3N4O2. The van der Waals surface area contributed by atoms with Gasteiger partial charge in [-0.25, -0.2) is 0 Å². The quantitative estimate of drug-likeness (QED) is 0.866. The number of anilines is 2. The van der Waals surface area contributed by atoms with E-state index >= 15 is 0 Å². The molecule has 140 valence electrons. The Morgan fingerprint density at radius 2 is 1.77 bits per heavy atom. The van der Waals surface area contributed by atoms with Gasteiger partial charge in [-0.05, 0) is 24.3 Å². The van der Waals surface area contributed by atoms with Crippen molar-refractivity contribution in [3.63, 3.8) is 0 Å². The number of ether oxygens (including phenoxy) is 1. The molecule has 1 amide bonds. The molecular weight excluding hydrogens is 349 g/mol. The van der Waals surface area contributed by atoms with Crippen molar-refractivity contribution in [1.29, 1.82) is 0 Å². The molecule has 1 aromatic heterocycles. The molecule has 1 heterocycles. The predicted octanol–water partition coefficient (Wildman–Crippen LogP) is 3.95. The molecule has 2 rings (SSSR count). The smallest absolute Gasteiger partial charge is 0.424 e. The van der Waals surface area contributed by atoms with E-state index < -0.39 is 17.9 Å². The summed E-state index contributed by atoms with van der Waals surface area (Å²) < 4.78 is 44.3. The third kappa shape index (κ3) is 5.08. The number of aromatic nitrogens is 2. The number of nitrogens with one attached hydrogen (secondary N) is 1. The summed E-state index contributed by atoms with van der Waals surface area (Å²) in [4.78, 5) is 20.5. The van der Waals surface area contributed by atoms with Gasteiger partial charge < -0.3 is 15.0 Å². The summed E-state index contributed by atoms with van der Waals surface area (Å²) in [5, 5.41) is 2.70. The number of hydrogen-bond acceptors (Lipinski definition) is 5. The Labute approximate surface area is 149 Å². The normalized spacial score (nSPS) is 11.4. The average Bonchev–Trinajstić information content (AvgIpc) is 2.55. The van der Waals surface area contributed by atoms with Crippen molar-refractivity contribution < 1.29 is 22.7 Å². The van der Waals surface area contributed by atoms with Gasteiger partial charge in [0.1, 0.15) is 11.6 Å². The summed E-state index contributed by atoms with van der Waals surface area (Å²) >= 11 is 0. The van der Waals surface area contributed by atoms with Gasteiger partial charge in [0.15, 0.2) is 5.69 Å². The van der Waals surface area contributed by atoms with E-state index in [1.165, 1.54) is 17.0 Å². The second-order valence-electron chi connectivity index (χ2n) is 6.06. The summed E-state index contributed by atoms with van der Waals surface area (Å²) in [7, 11) is 3.14. The molecule has 1 aromatic carbocycles. The van der Waals surface area contributed by atoms with E-state index in [1.54, 1.807) is 40.1 Å². The molecule has 0 aliphatic rings. The largest absolute Gasteiger partial charge is 0.433 e. The second-order valence-corrected chi connectivity index (χ2v) is 6.06. The molecule has 0 saturated carbocycles. The standard InChI is InChI=1S/C17H19F3N4O2/c1-10(2)15(25)21-11-5-7-12(8-6-11)26-16-22-13(17(18,19)20)9-14(23-16)24(3)4/h5-10H,1-4H3,(H,21,25). The molecule has 0 saturated heterocycles.